The van der Waals surface area contributed by atoms with Crippen molar-refractivity contribution in [2.24, 2.45) is 27.2 Å². The van der Waals surface area contributed by atoms with Crippen LogP contribution in [0, 0.1) is 11.6 Å². The molecule has 0 bridgehead atoms. The van der Waals surface area contributed by atoms with Crippen molar-refractivity contribution in [1.82, 2.24) is 59.5 Å². The zero-order valence-electron chi connectivity index (χ0n) is 72.6. The molecule has 4 amide bonds. The smallest absolute Gasteiger partial charge is 0.437 e. The highest BCUT2D eigenvalue weighted by Crippen LogP contribution is 2.41. The fourth-order valence-corrected chi connectivity index (χ4v) is 14.8. The summed E-state index contributed by atoms with van der Waals surface area (Å²) in [6.45, 7) is 25.9. The first-order valence-electron chi connectivity index (χ1n) is 41.5. The molecular formula is C91H113Cl2F2N17O12. The lowest BCUT2D eigenvalue weighted by atomic mass is 10.0. The molecule has 2 saturated heterocycles. The molecule has 6 atom stereocenters. The molecule has 5 aromatic heterocycles. The number of hydrogen-bond acceptors (Lipinski definition) is 18. The maximum atomic E-state index is 15.5. The number of carbonyl (C=O) groups is 5. The molecule has 2 unspecified atom stereocenters. The zero-order chi connectivity index (χ0) is 90.1. The van der Waals surface area contributed by atoms with Crippen molar-refractivity contribution in [2.75, 3.05) is 6.54 Å². The fourth-order valence-electron chi connectivity index (χ4n) is 14.3. The van der Waals surface area contributed by atoms with E-state index in [1.165, 1.54) is 32.4 Å². The number of aromatic nitrogens is 8. The summed E-state index contributed by atoms with van der Waals surface area (Å²) in [5.41, 5.74) is 21.2. The summed E-state index contributed by atoms with van der Waals surface area (Å²) < 4.78 is 61.8. The molecule has 662 valence electrons. The molecule has 0 radical (unpaired) electrons. The molecule has 10 aromatic rings. The third-order valence-electron chi connectivity index (χ3n) is 19.9. The number of ether oxygens (including phenoxy) is 5. The van der Waals surface area contributed by atoms with Gasteiger partial charge < -0.3 is 61.5 Å². The zero-order valence-corrected chi connectivity index (χ0v) is 74.1. The molecule has 7 heterocycles. The summed E-state index contributed by atoms with van der Waals surface area (Å²) in [5, 5.41) is 10.2. The summed E-state index contributed by atoms with van der Waals surface area (Å²) in [6, 6.07) is 35.0. The maximum absolute atomic E-state index is 15.5. The highest BCUT2D eigenvalue weighted by molar-refractivity contribution is 6.31. The van der Waals surface area contributed by atoms with Gasteiger partial charge in [-0.15, -0.1) is 4.99 Å². The number of carbonyl (C=O) groups excluding carboxylic acids is 5. The minimum absolute atomic E-state index is 0.0312. The molecule has 0 spiro atoms. The Bertz CT molecular complexity index is 5550. The highest BCUT2D eigenvalue weighted by atomic mass is 35.5. The predicted molar refractivity (Wildman–Crippen MR) is 477 cm³/mol. The van der Waals surface area contributed by atoms with Gasteiger partial charge in [-0.05, 0) is 262 Å². The van der Waals surface area contributed by atoms with E-state index in [-0.39, 0.29) is 76.7 Å². The molecule has 33 heteroatoms. The van der Waals surface area contributed by atoms with Crippen molar-refractivity contribution in [3.05, 3.63) is 217 Å². The highest BCUT2D eigenvalue weighted by Gasteiger charge is 2.41. The standard InChI is InChI=1S/C47H55ClFN5O7.C30H36ClFN8O.C14H22N4O4/c1-29(50-44(57)59-28-30-13-9-8-10-14-30)12-11-15-31-24-36(41(49)37(48)25-31)38-26-33-27-53(43(56)52-42(33)51-38)34-18-16-32(17-19-34)39-22-20-35(21-23-40(55)60-46(2,3)4)54(39)45(58)61-47(5,6)7;1-17(33)3-2-4-18-13-23(27(32)24(31)14-18)26-15-20-16-40(30(41)39-28(20)38-26)22-8-5-19(6-9-22)25-10-7-21(37-25)11-12-36-29(34)35;1-13(2,3)21-11(19)16-10(18-8-7-15-9-18)17-12(20)22-14(4,5)6/h8-10,13-14,16-19,24-27,29,35,39H,11-12,15,20-23,28H2,1-7H3,(H,50,57)(H,51,52,56);5-6,8-9,13-17,21,25,37H,2-4,7,10-12,33H2,1H3,(H4,34,35,36)(H,38,39,41);7-9H,1-6H3,(H,16,17,19,20)/t29-,35?,39?;17-,21+,25+;/m00./s1. The number of hydrogen-bond donors (Lipinski definition) is 8. The van der Waals surface area contributed by atoms with Crippen molar-refractivity contribution in [3.63, 3.8) is 0 Å². The number of nitrogens with one attached hydrogen (secondary N) is 5. The molecular weight excluding hydrogens is 1630 g/mol. The van der Waals surface area contributed by atoms with Crippen molar-refractivity contribution in [2.45, 2.75) is 246 Å². The fraction of sp³-hybridized carbons (Fsp3) is 0.429. The number of fused-ring (bicyclic) bond motifs is 2. The molecule has 0 aliphatic carbocycles. The van der Waals surface area contributed by atoms with Gasteiger partial charge in [-0.25, -0.2) is 42.5 Å². The van der Waals surface area contributed by atoms with Crippen molar-refractivity contribution < 1.29 is 56.4 Å². The number of imidazole rings is 1. The third-order valence-corrected chi connectivity index (χ3v) is 20.4. The van der Waals surface area contributed by atoms with E-state index in [9.17, 15) is 33.6 Å². The molecule has 11 N–H and O–H groups in total. The number of alkyl carbamates (subject to hydrolysis) is 2. The van der Waals surface area contributed by atoms with Crippen LogP contribution in [-0.4, -0.2) is 139 Å². The second-order valence-electron chi connectivity index (χ2n) is 35.1. The van der Waals surface area contributed by atoms with Gasteiger partial charge in [-0.1, -0.05) is 77.8 Å². The average molecular weight is 1750 g/mol. The SMILES string of the molecule is CC(C)(C)OC(=O)N=C(NC(=O)OC(C)(C)C)n1ccnc1.C[C@@H](CCCc1cc(Cl)c(F)c(-c2cc3cn(-c4ccc(C5CCC(CCC(=O)OC(C)(C)C)N5C(=O)OC(C)(C)C)cc4)c(=O)nc3[nH]2)c1)NC(=O)OCc1ccccc1.C[C@H](N)CCCc1cc(Cl)c(F)c(-c2cc3cn(-c4ccc([C@H]5CC[C@H](CCN=C(N)N)N5)cc4)c(=O)nc3[nH]2)c1. The number of benzene rings is 5. The summed E-state index contributed by atoms with van der Waals surface area (Å²) in [6.07, 6.45) is 14.6. The lowest BCUT2D eigenvalue weighted by Crippen LogP contribution is -2.41. The number of aromatic amines is 2. The second kappa shape index (κ2) is 41.6. The Morgan fingerprint density at radius 3 is 1.69 bits per heavy atom. The number of aliphatic imine (C=N–C) groups is 2. The van der Waals surface area contributed by atoms with Crippen LogP contribution in [0.4, 0.5) is 28.0 Å². The van der Waals surface area contributed by atoms with Crippen LogP contribution in [0.3, 0.4) is 0 Å². The number of rotatable bonds is 23. The number of amides is 4. The molecule has 2 aliphatic rings. The molecule has 2 aliphatic heterocycles. The number of halogens is 4. The van der Waals surface area contributed by atoms with Crippen LogP contribution in [0.25, 0.3) is 56.0 Å². The monoisotopic (exact) mass is 1740 g/mol. The van der Waals surface area contributed by atoms with Gasteiger partial charge in [-0.2, -0.15) is 9.97 Å². The van der Waals surface area contributed by atoms with Crippen LogP contribution >= 0.6 is 23.2 Å². The van der Waals surface area contributed by atoms with Gasteiger partial charge in [0.25, 0.3) is 0 Å². The predicted octanol–water partition coefficient (Wildman–Crippen LogP) is 17.2. The van der Waals surface area contributed by atoms with Crippen LogP contribution in [-0.2, 0) is 47.9 Å². The van der Waals surface area contributed by atoms with Crippen LogP contribution in [0.15, 0.2) is 166 Å². The first-order chi connectivity index (χ1) is 58.5. The van der Waals surface area contributed by atoms with Gasteiger partial charge in [0.15, 0.2) is 17.6 Å². The maximum Gasteiger partial charge on any atom is 0.437 e. The van der Waals surface area contributed by atoms with E-state index in [1.807, 2.05) is 122 Å². The topological polar surface area (TPSA) is 393 Å². The summed E-state index contributed by atoms with van der Waals surface area (Å²) in [7, 11) is 0. The minimum atomic E-state index is -0.827. The normalized spacial score (nSPS) is 16.0. The van der Waals surface area contributed by atoms with Crippen LogP contribution < -0.4 is 44.5 Å². The molecule has 2 fully saturated rings. The summed E-state index contributed by atoms with van der Waals surface area (Å²) >= 11 is 12.6. The first kappa shape index (κ1) is 94.4. The van der Waals surface area contributed by atoms with Crippen molar-refractivity contribution in [1.29, 1.82) is 0 Å². The Morgan fingerprint density at radius 2 is 1.17 bits per heavy atom. The molecule has 12 rings (SSSR count). The largest absolute Gasteiger partial charge is 0.460 e. The molecule has 0 saturated carbocycles. The van der Waals surface area contributed by atoms with E-state index in [2.05, 4.69) is 50.9 Å². The average Bonchev–Trinajstić information content (AvgIpc) is 1.62. The minimum Gasteiger partial charge on any atom is -0.460 e. The van der Waals surface area contributed by atoms with Gasteiger partial charge in [0.05, 0.1) is 38.8 Å². The van der Waals surface area contributed by atoms with Crippen LogP contribution in [0.2, 0.25) is 10.0 Å². The van der Waals surface area contributed by atoms with Gasteiger partial charge >= 0.3 is 41.7 Å². The number of guanidine groups is 1. The number of H-pyrrole nitrogens is 2. The van der Waals surface area contributed by atoms with Gasteiger partial charge in [0, 0.05) is 89.9 Å². The Labute approximate surface area is 729 Å². The van der Waals surface area contributed by atoms with E-state index >= 15 is 8.78 Å². The Hall–Kier alpha value is -11.8. The van der Waals surface area contributed by atoms with E-state index in [1.54, 1.807) is 107 Å². The quantitative estimate of drug-likeness (QED) is 0.0128. The number of esters is 1. The number of nitrogens with two attached hydrogens (primary N) is 3. The van der Waals surface area contributed by atoms with Crippen LogP contribution in [0.5, 0.6) is 0 Å². The van der Waals surface area contributed by atoms with E-state index in [0.717, 1.165) is 66.3 Å². The Kier molecular flexibility index (Phi) is 31.7. The molecule has 5 aromatic carbocycles. The van der Waals surface area contributed by atoms with Gasteiger partial charge in [0.2, 0.25) is 5.96 Å². The Balaban J connectivity index is 0.000000218. The first-order valence-corrected chi connectivity index (χ1v) is 42.2. The lowest BCUT2D eigenvalue weighted by molar-refractivity contribution is -0.155. The number of nitrogens with zero attached hydrogens (tertiary/aromatic N) is 9. The molecule has 124 heavy (non-hydrogen) atoms. The van der Waals surface area contributed by atoms with Crippen LogP contribution in [0.1, 0.15) is 207 Å². The van der Waals surface area contributed by atoms with Crippen molar-refractivity contribution >= 4 is 87.5 Å². The number of likely N-dealkylation sites (tertiary alicyclic amines) is 1. The van der Waals surface area contributed by atoms with Gasteiger partial charge in [0.1, 0.15) is 46.6 Å². The Morgan fingerprint density at radius 1 is 0.629 bits per heavy atom. The molecule has 29 nitrogen and oxygen atoms in total. The lowest BCUT2D eigenvalue weighted by Gasteiger charge is -2.33. The second-order valence-corrected chi connectivity index (χ2v) is 35.9. The van der Waals surface area contributed by atoms with Crippen molar-refractivity contribution in [3.8, 4) is 33.9 Å². The van der Waals surface area contributed by atoms with E-state index in [4.69, 9.17) is 64.1 Å². The third kappa shape index (κ3) is 27.9. The van der Waals surface area contributed by atoms with E-state index < -0.39 is 69.8 Å². The summed E-state index contributed by atoms with van der Waals surface area (Å²) in [4.78, 5) is 116. The van der Waals surface area contributed by atoms with Gasteiger partial charge in [-0.3, -0.25) is 33.7 Å². The number of aryl methyl sites for hydroxylation is 2. The van der Waals surface area contributed by atoms with E-state index in [0.29, 0.717) is 102 Å². The summed E-state index contributed by atoms with van der Waals surface area (Å²) in [5.74, 6) is -1.37.